The Bertz CT molecular complexity index is 1130. The zero-order valence-electron chi connectivity index (χ0n) is 19.1. The zero-order valence-corrected chi connectivity index (χ0v) is 19.8. The second-order valence-electron chi connectivity index (χ2n) is 8.90. The molecule has 5 heteroatoms. The van der Waals surface area contributed by atoms with E-state index in [0.29, 0.717) is 6.54 Å². The smallest absolute Gasteiger partial charge is 0.242 e. The number of carbonyl (C=O) groups is 1. The number of likely N-dealkylation sites (N-methyl/N-ethyl adjacent to an activating group) is 1. The molecule has 2 aliphatic heterocycles. The first-order valence-corrected chi connectivity index (χ1v) is 12.2. The average Bonchev–Trinajstić information content (AvgIpc) is 3.11. The minimum Gasteiger partial charge on any atom is -0.369 e. The number of halogens is 1. The fourth-order valence-electron chi connectivity index (χ4n) is 5.45. The van der Waals surface area contributed by atoms with Gasteiger partial charge >= 0.3 is 0 Å². The van der Waals surface area contributed by atoms with Gasteiger partial charge in [0.15, 0.2) is 0 Å². The Morgan fingerprint density at radius 3 is 2.33 bits per heavy atom. The maximum atomic E-state index is 13.9. The van der Waals surface area contributed by atoms with E-state index in [2.05, 4.69) is 53.1 Å². The molecule has 1 unspecified atom stereocenters. The lowest BCUT2D eigenvalue weighted by atomic mass is 9.72. The lowest BCUT2D eigenvalue weighted by molar-refractivity contribution is -0.122. The first-order valence-electron chi connectivity index (χ1n) is 11.8. The van der Waals surface area contributed by atoms with Gasteiger partial charge in [-0.25, -0.2) is 0 Å². The molecule has 0 N–H and O–H groups in total. The lowest BCUT2D eigenvalue weighted by Crippen LogP contribution is -2.49. The summed E-state index contributed by atoms with van der Waals surface area (Å²) in [6.07, 6.45) is 0.778. The van der Waals surface area contributed by atoms with E-state index in [1.54, 1.807) is 0 Å². The summed E-state index contributed by atoms with van der Waals surface area (Å²) in [6, 6.07) is 26.8. The molecule has 1 atom stereocenters. The van der Waals surface area contributed by atoms with Crippen LogP contribution in [-0.2, 0) is 10.2 Å². The molecule has 3 aromatic carbocycles. The molecule has 0 aromatic heterocycles. The molecule has 5 rings (SSSR count). The van der Waals surface area contributed by atoms with Crippen molar-refractivity contribution >= 4 is 28.9 Å². The topological polar surface area (TPSA) is 26.8 Å². The van der Waals surface area contributed by atoms with E-state index < -0.39 is 5.41 Å². The highest BCUT2D eigenvalue weighted by Crippen LogP contribution is 2.48. The first-order chi connectivity index (χ1) is 16.1. The van der Waals surface area contributed by atoms with Gasteiger partial charge < -0.3 is 9.80 Å². The fourth-order valence-corrected chi connectivity index (χ4v) is 5.64. The van der Waals surface area contributed by atoms with Gasteiger partial charge in [0, 0.05) is 49.1 Å². The van der Waals surface area contributed by atoms with Gasteiger partial charge in [-0.3, -0.25) is 9.69 Å². The Kier molecular flexibility index (Phi) is 6.13. The molecule has 4 nitrogen and oxygen atoms in total. The normalized spacial score (nSPS) is 20.8. The van der Waals surface area contributed by atoms with Crippen molar-refractivity contribution in [1.82, 2.24) is 4.90 Å². The van der Waals surface area contributed by atoms with Crippen LogP contribution >= 0.6 is 11.6 Å². The van der Waals surface area contributed by atoms with Gasteiger partial charge in [0.25, 0.3) is 0 Å². The Morgan fingerprint density at radius 2 is 1.61 bits per heavy atom. The Morgan fingerprint density at radius 1 is 0.879 bits per heavy atom. The third-order valence-corrected chi connectivity index (χ3v) is 7.43. The largest absolute Gasteiger partial charge is 0.369 e. The highest BCUT2D eigenvalue weighted by molar-refractivity contribution is 6.30. The molecule has 0 spiro atoms. The zero-order chi connectivity index (χ0) is 22.8. The molecular formula is C28H30ClN3O. The Hall–Kier alpha value is -2.82. The number of nitrogens with zero attached hydrogens (tertiary/aromatic N) is 3. The number of fused-ring (bicyclic) bond motifs is 1. The van der Waals surface area contributed by atoms with Crippen LogP contribution in [-0.4, -0.2) is 50.1 Å². The average molecular weight is 460 g/mol. The van der Waals surface area contributed by atoms with Crippen molar-refractivity contribution in [2.24, 2.45) is 0 Å². The van der Waals surface area contributed by atoms with Crippen LogP contribution in [0.2, 0.25) is 5.02 Å². The van der Waals surface area contributed by atoms with Gasteiger partial charge in [-0.05, 0) is 55.3 Å². The second kappa shape index (κ2) is 9.20. The summed E-state index contributed by atoms with van der Waals surface area (Å²) < 4.78 is 0. The highest BCUT2D eigenvalue weighted by atomic mass is 35.5. The summed E-state index contributed by atoms with van der Waals surface area (Å²) in [5.41, 5.74) is 3.84. The van der Waals surface area contributed by atoms with Crippen LogP contribution < -0.4 is 9.80 Å². The molecule has 0 saturated carbocycles. The number of carbonyl (C=O) groups excluding carboxylic acids is 1. The summed E-state index contributed by atoms with van der Waals surface area (Å²) >= 11 is 6.19. The van der Waals surface area contributed by atoms with Crippen molar-refractivity contribution in [3.63, 3.8) is 0 Å². The van der Waals surface area contributed by atoms with Crippen molar-refractivity contribution < 1.29 is 4.79 Å². The van der Waals surface area contributed by atoms with Crippen molar-refractivity contribution in [2.75, 3.05) is 49.1 Å². The molecule has 0 aliphatic carbocycles. The third-order valence-electron chi connectivity index (χ3n) is 7.20. The van der Waals surface area contributed by atoms with Crippen molar-refractivity contribution in [3.8, 4) is 0 Å². The van der Waals surface area contributed by atoms with Crippen LogP contribution in [0.4, 0.5) is 11.4 Å². The summed E-state index contributed by atoms with van der Waals surface area (Å²) in [5.74, 6) is 0.204. The van der Waals surface area contributed by atoms with Crippen LogP contribution in [0.25, 0.3) is 0 Å². The standard InChI is InChI=1S/C28H30ClN3O/c1-2-32-26-14-7-6-13-25(26)28(27(32)33,22-9-4-3-5-10-22)15-16-30-17-19-31(20-18-30)24-12-8-11-23(29)21-24/h3-14,21H,2,15-20H2,1H3. The number of rotatable bonds is 6. The molecule has 3 aromatic rings. The van der Waals surface area contributed by atoms with E-state index in [4.69, 9.17) is 11.6 Å². The fraction of sp³-hybridized carbons (Fsp3) is 0.321. The van der Waals surface area contributed by atoms with Crippen LogP contribution in [0.15, 0.2) is 78.9 Å². The van der Waals surface area contributed by atoms with Crippen LogP contribution in [0.5, 0.6) is 0 Å². The van der Waals surface area contributed by atoms with E-state index in [1.165, 1.54) is 5.69 Å². The monoisotopic (exact) mass is 459 g/mol. The molecule has 2 heterocycles. The summed E-state index contributed by atoms with van der Waals surface area (Å²) in [4.78, 5) is 20.8. The number of hydrogen-bond acceptors (Lipinski definition) is 3. The van der Waals surface area contributed by atoms with E-state index >= 15 is 0 Å². The minimum absolute atomic E-state index is 0.204. The molecule has 1 fully saturated rings. The van der Waals surface area contributed by atoms with Gasteiger partial charge in [0.2, 0.25) is 5.91 Å². The maximum Gasteiger partial charge on any atom is 0.242 e. The van der Waals surface area contributed by atoms with Crippen LogP contribution in [0, 0.1) is 0 Å². The van der Waals surface area contributed by atoms with Gasteiger partial charge in [-0.15, -0.1) is 0 Å². The van der Waals surface area contributed by atoms with E-state index in [1.807, 2.05) is 47.4 Å². The third kappa shape index (κ3) is 3.92. The maximum absolute atomic E-state index is 13.9. The summed E-state index contributed by atoms with van der Waals surface area (Å²) in [5, 5.41) is 0.777. The molecule has 0 radical (unpaired) electrons. The molecule has 170 valence electrons. The molecule has 1 saturated heterocycles. The predicted molar refractivity (Wildman–Crippen MR) is 136 cm³/mol. The molecular weight excluding hydrogens is 430 g/mol. The second-order valence-corrected chi connectivity index (χ2v) is 9.33. The summed E-state index contributed by atoms with van der Waals surface area (Å²) in [6.45, 7) is 7.51. The lowest BCUT2D eigenvalue weighted by Gasteiger charge is -2.38. The molecule has 1 amide bonds. The number of para-hydroxylation sites is 1. The SMILES string of the molecule is CCN1C(=O)C(CCN2CCN(c3cccc(Cl)c3)CC2)(c2ccccc2)c2ccccc21. The van der Waals surface area contributed by atoms with Crippen LogP contribution in [0.1, 0.15) is 24.5 Å². The molecule has 0 bridgehead atoms. The highest BCUT2D eigenvalue weighted by Gasteiger charge is 2.51. The Labute approximate surface area is 201 Å². The minimum atomic E-state index is -0.627. The van der Waals surface area contributed by atoms with Gasteiger partial charge in [0.1, 0.15) is 5.41 Å². The quantitative estimate of drug-likeness (QED) is 0.506. The predicted octanol–water partition coefficient (Wildman–Crippen LogP) is 5.20. The first kappa shape index (κ1) is 22.0. The van der Waals surface area contributed by atoms with E-state index in [9.17, 15) is 4.79 Å². The van der Waals surface area contributed by atoms with Gasteiger partial charge in [-0.1, -0.05) is 66.2 Å². The van der Waals surface area contributed by atoms with Crippen molar-refractivity contribution in [2.45, 2.75) is 18.8 Å². The molecule has 2 aliphatic rings. The van der Waals surface area contributed by atoms with E-state index in [-0.39, 0.29) is 5.91 Å². The molecule has 33 heavy (non-hydrogen) atoms. The van der Waals surface area contributed by atoms with Crippen LogP contribution in [0.3, 0.4) is 0 Å². The number of anilines is 2. The number of amides is 1. The number of benzene rings is 3. The van der Waals surface area contributed by atoms with Gasteiger partial charge in [-0.2, -0.15) is 0 Å². The van der Waals surface area contributed by atoms with Gasteiger partial charge in [0.05, 0.1) is 0 Å². The van der Waals surface area contributed by atoms with Crippen molar-refractivity contribution in [3.05, 3.63) is 95.0 Å². The number of piperazine rings is 1. The number of hydrogen-bond donors (Lipinski definition) is 0. The Balaban J connectivity index is 1.38. The van der Waals surface area contributed by atoms with Crippen molar-refractivity contribution in [1.29, 1.82) is 0 Å². The van der Waals surface area contributed by atoms with E-state index in [0.717, 1.165) is 61.0 Å². The summed E-state index contributed by atoms with van der Waals surface area (Å²) in [7, 11) is 0.